The Bertz CT molecular complexity index is 243. The van der Waals surface area contributed by atoms with Gasteiger partial charge in [-0.2, -0.15) is 0 Å². The first-order chi connectivity index (χ1) is 6.81. The molecule has 0 aromatic heterocycles. The number of hydrogen-bond donors (Lipinski definition) is 1. The van der Waals surface area contributed by atoms with E-state index >= 15 is 0 Å². The van der Waals surface area contributed by atoms with Gasteiger partial charge in [0.15, 0.2) is 0 Å². The van der Waals surface area contributed by atoms with E-state index in [2.05, 4.69) is 43.4 Å². The molecule has 0 heterocycles. The molecule has 0 amide bonds. The van der Waals surface area contributed by atoms with Gasteiger partial charge in [-0.15, -0.1) is 0 Å². The van der Waals surface area contributed by atoms with Gasteiger partial charge in [-0.05, 0) is 31.0 Å². The number of hydrogen-bond acceptors (Lipinski definition) is 1. The summed E-state index contributed by atoms with van der Waals surface area (Å²) in [6.07, 6.45) is 3.65. The molecule has 0 spiro atoms. The van der Waals surface area contributed by atoms with Gasteiger partial charge in [0.1, 0.15) is 0 Å². The molecule has 0 atom stereocenters. The molecule has 1 aromatic rings. The summed E-state index contributed by atoms with van der Waals surface area (Å²) in [5, 5.41) is 3.31. The maximum atomic E-state index is 3.31. The lowest BCUT2D eigenvalue weighted by atomic mass is 10.1. The van der Waals surface area contributed by atoms with E-state index in [0.717, 1.165) is 0 Å². The SMILES string of the molecule is CCC.CNC1Cc2ccccc2C1. The third kappa shape index (κ3) is 2.85. The summed E-state index contributed by atoms with van der Waals surface area (Å²) in [5.41, 5.74) is 3.04. The molecule has 14 heavy (non-hydrogen) atoms. The third-order valence-electron chi connectivity index (χ3n) is 2.46. The van der Waals surface area contributed by atoms with Crippen LogP contribution in [0.15, 0.2) is 24.3 Å². The molecule has 0 aliphatic heterocycles. The number of rotatable bonds is 1. The Labute approximate surface area is 87.5 Å². The van der Waals surface area contributed by atoms with Crippen molar-refractivity contribution in [1.29, 1.82) is 0 Å². The van der Waals surface area contributed by atoms with Crippen molar-refractivity contribution in [1.82, 2.24) is 5.32 Å². The zero-order valence-corrected chi connectivity index (χ0v) is 9.51. The van der Waals surface area contributed by atoms with Gasteiger partial charge < -0.3 is 5.32 Å². The van der Waals surface area contributed by atoms with Crippen molar-refractivity contribution >= 4 is 0 Å². The van der Waals surface area contributed by atoms with Crippen LogP contribution in [-0.2, 0) is 12.8 Å². The van der Waals surface area contributed by atoms with E-state index < -0.39 is 0 Å². The van der Waals surface area contributed by atoms with Gasteiger partial charge >= 0.3 is 0 Å². The summed E-state index contributed by atoms with van der Waals surface area (Å²) >= 11 is 0. The normalized spacial score (nSPS) is 14.5. The van der Waals surface area contributed by atoms with E-state index in [0.29, 0.717) is 6.04 Å². The molecular formula is C13H21N. The van der Waals surface area contributed by atoms with E-state index in [-0.39, 0.29) is 0 Å². The summed E-state index contributed by atoms with van der Waals surface area (Å²) in [5.74, 6) is 0. The van der Waals surface area contributed by atoms with Crippen LogP contribution in [0, 0.1) is 0 Å². The molecule has 1 aliphatic carbocycles. The first-order valence-electron chi connectivity index (χ1n) is 5.55. The van der Waals surface area contributed by atoms with Gasteiger partial charge in [-0.1, -0.05) is 44.5 Å². The lowest BCUT2D eigenvalue weighted by molar-refractivity contribution is 0.593. The van der Waals surface area contributed by atoms with Gasteiger partial charge in [0, 0.05) is 6.04 Å². The van der Waals surface area contributed by atoms with Crippen LogP contribution in [0.25, 0.3) is 0 Å². The molecule has 0 bridgehead atoms. The molecule has 1 aromatic carbocycles. The van der Waals surface area contributed by atoms with Crippen molar-refractivity contribution in [2.45, 2.75) is 39.2 Å². The molecule has 0 saturated heterocycles. The van der Waals surface area contributed by atoms with Crippen molar-refractivity contribution < 1.29 is 0 Å². The van der Waals surface area contributed by atoms with Crippen LogP contribution < -0.4 is 5.32 Å². The summed E-state index contributed by atoms with van der Waals surface area (Å²) in [6.45, 7) is 4.25. The molecule has 2 rings (SSSR count). The third-order valence-corrected chi connectivity index (χ3v) is 2.46. The average Bonchev–Trinajstić information content (AvgIpc) is 2.61. The number of benzene rings is 1. The minimum absolute atomic E-state index is 0.674. The van der Waals surface area contributed by atoms with E-state index in [1.807, 2.05) is 7.05 Å². The van der Waals surface area contributed by atoms with E-state index in [1.54, 1.807) is 0 Å². The number of fused-ring (bicyclic) bond motifs is 1. The lowest BCUT2D eigenvalue weighted by Crippen LogP contribution is -2.24. The highest BCUT2D eigenvalue weighted by Gasteiger charge is 2.18. The number of nitrogens with one attached hydrogen (secondary N) is 1. The van der Waals surface area contributed by atoms with Gasteiger partial charge in [0.25, 0.3) is 0 Å². The summed E-state index contributed by atoms with van der Waals surface area (Å²) in [6, 6.07) is 9.38. The minimum Gasteiger partial charge on any atom is -0.316 e. The van der Waals surface area contributed by atoms with E-state index in [9.17, 15) is 0 Å². The highest BCUT2D eigenvalue weighted by atomic mass is 14.9. The predicted octanol–water partition coefficient (Wildman–Crippen LogP) is 2.79. The zero-order valence-electron chi connectivity index (χ0n) is 9.51. The van der Waals surface area contributed by atoms with Crippen LogP contribution in [0.5, 0.6) is 0 Å². The Morgan fingerprint density at radius 1 is 1.14 bits per heavy atom. The second-order valence-electron chi connectivity index (χ2n) is 3.87. The number of likely N-dealkylation sites (N-methyl/N-ethyl adjacent to an activating group) is 1. The maximum absolute atomic E-state index is 3.31. The van der Waals surface area contributed by atoms with Gasteiger partial charge in [0.05, 0.1) is 0 Å². The Balaban J connectivity index is 0.000000293. The van der Waals surface area contributed by atoms with Crippen LogP contribution >= 0.6 is 0 Å². The first kappa shape index (κ1) is 11.3. The Morgan fingerprint density at radius 2 is 1.57 bits per heavy atom. The summed E-state index contributed by atoms with van der Waals surface area (Å²) < 4.78 is 0. The monoisotopic (exact) mass is 191 g/mol. The van der Waals surface area contributed by atoms with E-state index in [1.165, 1.54) is 30.4 Å². The van der Waals surface area contributed by atoms with Crippen LogP contribution in [0.1, 0.15) is 31.4 Å². The fourth-order valence-corrected chi connectivity index (χ4v) is 1.76. The zero-order chi connectivity index (χ0) is 10.4. The molecule has 1 nitrogen and oxygen atoms in total. The summed E-state index contributed by atoms with van der Waals surface area (Å²) in [4.78, 5) is 0. The topological polar surface area (TPSA) is 12.0 Å². The largest absolute Gasteiger partial charge is 0.316 e. The summed E-state index contributed by atoms with van der Waals surface area (Å²) in [7, 11) is 2.04. The van der Waals surface area contributed by atoms with Gasteiger partial charge in [-0.3, -0.25) is 0 Å². The van der Waals surface area contributed by atoms with Crippen molar-refractivity contribution in [3.63, 3.8) is 0 Å². The molecule has 0 unspecified atom stereocenters. The Hall–Kier alpha value is -0.820. The molecule has 1 heteroatoms. The van der Waals surface area contributed by atoms with Gasteiger partial charge in [0.2, 0.25) is 0 Å². The molecule has 0 saturated carbocycles. The Morgan fingerprint density at radius 3 is 1.93 bits per heavy atom. The fourth-order valence-electron chi connectivity index (χ4n) is 1.76. The molecular weight excluding hydrogens is 170 g/mol. The van der Waals surface area contributed by atoms with Crippen molar-refractivity contribution in [2.24, 2.45) is 0 Å². The maximum Gasteiger partial charge on any atom is 0.0145 e. The van der Waals surface area contributed by atoms with Crippen LogP contribution in [0.3, 0.4) is 0 Å². The highest BCUT2D eigenvalue weighted by Crippen LogP contribution is 2.20. The highest BCUT2D eigenvalue weighted by molar-refractivity contribution is 5.33. The van der Waals surface area contributed by atoms with Crippen LogP contribution in [0.2, 0.25) is 0 Å². The quantitative estimate of drug-likeness (QED) is 0.719. The predicted molar refractivity (Wildman–Crippen MR) is 62.7 cm³/mol. The molecule has 1 N–H and O–H groups in total. The minimum atomic E-state index is 0.674. The van der Waals surface area contributed by atoms with Crippen molar-refractivity contribution in [2.75, 3.05) is 7.05 Å². The Kier molecular flexibility index (Phi) is 4.68. The van der Waals surface area contributed by atoms with Crippen molar-refractivity contribution in [3.05, 3.63) is 35.4 Å². The van der Waals surface area contributed by atoms with E-state index in [4.69, 9.17) is 0 Å². The lowest BCUT2D eigenvalue weighted by Gasteiger charge is -2.04. The second kappa shape index (κ2) is 5.82. The first-order valence-corrected chi connectivity index (χ1v) is 5.55. The van der Waals surface area contributed by atoms with Crippen LogP contribution in [-0.4, -0.2) is 13.1 Å². The molecule has 78 valence electrons. The van der Waals surface area contributed by atoms with Gasteiger partial charge in [-0.25, -0.2) is 0 Å². The molecule has 1 aliphatic rings. The fraction of sp³-hybridized carbons (Fsp3) is 0.538. The van der Waals surface area contributed by atoms with Crippen LogP contribution in [0.4, 0.5) is 0 Å². The smallest absolute Gasteiger partial charge is 0.0145 e. The second-order valence-corrected chi connectivity index (χ2v) is 3.87. The molecule has 0 radical (unpaired) electrons. The standard InChI is InChI=1S/C10H13N.C3H8/c1-11-10-6-8-4-2-3-5-9(8)7-10;1-3-2/h2-5,10-11H,6-7H2,1H3;3H2,1-2H3. The van der Waals surface area contributed by atoms with Crippen molar-refractivity contribution in [3.8, 4) is 0 Å². The average molecular weight is 191 g/mol. The molecule has 0 fully saturated rings.